The Labute approximate surface area is 175 Å². The van der Waals surface area contributed by atoms with Gasteiger partial charge < -0.3 is 28.8 Å². The molecule has 2 heterocycles. The maximum atomic E-state index is 11.1. The van der Waals surface area contributed by atoms with Gasteiger partial charge in [-0.05, 0) is 24.0 Å². The lowest BCUT2D eigenvalue weighted by atomic mass is 9.98. The maximum Gasteiger partial charge on any atom is 0.184 e. The molecule has 4 rings (SSSR count). The summed E-state index contributed by atoms with van der Waals surface area (Å²) in [7, 11) is 1.64. The third-order valence-electron chi connectivity index (χ3n) is 5.21. The van der Waals surface area contributed by atoms with E-state index in [2.05, 4.69) is 0 Å². The molecule has 2 saturated heterocycles. The van der Waals surface area contributed by atoms with E-state index in [9.17, 15) is 5.11 Å². The van der Waals surface area contributed by atoms with Crippen LogP contribution in [0.4, 0.5) is 0 Å². The van der Waals surface area contributed by atoms with Gasteiger partial charge >= 0.3 is 0 Å². The van der Waals surface area contributed by atoms with E-state index < -0.39 is 24.6 Å². The van der Waals surface area contributed by atoms with Crippen LogP contribution in [-0.2, 0) is 25.6 Å². The van der Waals surface area contributed by atoms with Crippen LogP contribution in [0.5, 0.6) is 5.75 Å². The van der Waals surface area contributed by atoms with E-state index >= 15 is 0 Å². The first-order valence-electron chi connectivity index (χ1n) is 9.62. The number of fused-ring (bicyclic) bond motifs is 1. The summed E-state index contributed by atoms with van der Waals surface area (Å²) in [5.74, 6) is 0.794. The molecule has 2 fully saturated rings. The average molecular weight is 419 g/mol. The lowest BCUT2D eigenvalue weighted by Gasteiger charge is -2.47. The number of hydrogen-bond acceptors (Lipinski definition) is 7. The van der Waals surface area contributed by atoms with Crippen LogP contribution < -0.4 is 4.74 Å². The molecule has 0 saturated carbocycles. The summed E-state index contributed by atoms with van der Waals surface area (Å²) in [6.07, 6.45) is -0.758. The minimum atomic E-state index is -0.820. The highest BCUT2D eigenvalue weighted by molar-refractivity contribution is 7.99. The van der Waals surface area contributed by atoms with E-state index in [0.717, 1.165) is 16.9 Å². The first-order chi connectivity index (χ1) is 14.2. The van der Waals surface area contributed by atoms with Crippen LogP contribution in [0.15, 0.2) is 54.6 Å². The van der Waals surface area contributed by atoms with Gasteiger partial charge in [-0.3, -0.25) is 0 Å². The van der Waals surface area contributed by atoms with Gasteiger partial charge in [-0.15, -0.1) is 11.8 Å². The van der Waals surface area contributed by atoms with Crippen molar-refractivity contribution >= 4 is 11.8 Å². The van der Waals surface area contributed by atoms with Crippen LogP contribution in [0.1, 0.15) is 17.4 Å². The van der Waals surface area contributed by atoms with Gasteiger partial charge in [-0.2, -0.15) is 0 Å². The van der Waals surface area contributed by atoms with Crippen molar-refractivity contribution in [3.05, 3.63) is 65.7 Å². The summed E-state index contributed by atoms with van der Waals surface area (Å²) in [6.45, 7) is 0.728. The second-order valence-corrected chi connectivity index (χ2v) is 8.01. The molecular formula is C22H26O6S. The van der Waals surface area contributed by atoms with Gasteiger partial charge in [0, 0.05) is 5.56 Å². The standard InChI is InChI=1S/C22H26O6S/c1-24-16-10-8-14(9-11-16)12-25-20-18(23)19-17(27-22(20)29-2)13-26-21(28-19)15-6-4-3-5-7-15/h3-11,17-23H,12-13H2,1-2H3/t17-,18+,19-,20+,21-,22-/m1/s1. The van der Waals surface area contributed by atoms with E-state index in [4.69, 9.17) is 23.7 Å². The number of benzene rings is 2. The first kappa shape index (κ1) is 20.7. The molecule has 6 atom stereocenters. The normalized spacial score (nSPS) is 31.8. The van der Waals surface area contributed by atoms with Crippen LogP contribution in [0, 0.1) is 0 Å². The van der Waals surface area contributed by atoms with Gasteiger partial charge in [-0.1, -0.05) is 42.5 Å². The monoisotopic (exact) mass is 418 g/mol. The zero-order valence-corrected chi connectivity index (χ0v) is 17.3. The van der Waals surface area contributed by atoms with Gasteiger partial charge in [0.05, 0.1) is 20.3 Å². The van der Waals surface area contributed by atoms with E-state index in [1.54, 1.807) is 7.11 Å². The molecule has 29 heavy (non-hydrogen) atoms. The topological polar surface area (TPSA) is 66.4 Å². The van der Waals surface area contributed by atoms with Crippen LogP contribution in [0.3, 0.4) is 0 Å². The minimum absolute atomic E-state index is 0.301. The molecule has 156 valence electrons. The summed E-state index contributed by atoms with van der Waals surface area (Å²) in [5.41, 5.74) is 1.61. The Bertz CT molecular complexity index is 771. The number of hydrogen-bond donors (Lipinski definition) is 1. The Morgan fingerprint density at radius 2 is 1.83 bits per heavy atom. The highest BCUT2D eigenvalue weighted by atomic mass is 32.2. The van der Waals surface area contributed by atoms with E-state index in [-0.39, 0.29) is 11.5 Å². The zero-order valence-electron chi connectivity index (χ0n) is 16.5. The molecule has 2 aliphatic rings. The summed E-state index contributed by atoms with van der Waals surface area (Å²) in [4.78, 5) is 0. The Balaban J connectivity index is 1.44. The lowest BCUT2D eigenvalue weighted by Crippen LogP contribution is -2.61. The Hall–Kier alpha value is -1.61. The number of aliphatic hydroxyl groups excluding tert-OH is 1. The summed E-state index contributed by atoms with van der Waals surface area (Å²) in [5, 5.41) is 11.1. The predicted octanol–water partition coefficient (Wildman–Crippen LogP) is 3.14. The number of aliphatic hydroxyl groups is 1. The molecule has 6 nitrogen and oxygen atoms in total. The fourth-order valence-corrected chi connectivity index (χ4v) is 4.39. The highest BCUT2D eigenvalue weighted by Crippen LogP contribution is 2.37. The van der Waals surface area contributed by atoms with Crippen LogP contribution in [-0.4, -0.2) is 54.9 Å². The second kappa shape index (κ2) is 9.47. The lowest BCUT2D eigenvalue weighted by molar-refractivity contribution is -0.322. The quantitative estimate of drug-likeness (QED) is 0.773. The van der Waals surface area contributed by atoms with E-state index in [1.807, 2.05) is 60.9 Å². The molecule has 0 amide bonds. The highest BCUT2D eigenvalue weighted by Gasteiger charge is 2.49. The smallest absolute Gasteiger partial charge is 0.184 e. The minimum Gasteiger partial charge on any atom is -0.497 e. The third-order valence-corrected chi connectivity index (χ3v) is 6.06. The molecule has 0 aromatic heterocycles. The van der Waals surface area contributed by atoms with Crippen LogP contribution in [0.25, 0.3) is 0 Å². The van der Waals surface area contributed by atoms with Crippen molar-refractivity contribution in [1.82, 2.24) is 0 Å². The van der Waals surface area contributed by atoms with Crippen molar-refractivity contribution in [3.8, 4) is 5.75 Å². The Morgan fingerprint density at radius 1 is 1.07 bits per heavy atom. The van der Waals surface area contributed by atoms with E-state index in [0.29, 0.717) is 13.2 Å². The fourth-order valence-electron chi connectivity index (χ4n) is 3.63. The number of methoxy groups -OCH3 is 1. The predicted molar refractivity (Wildman–Crippen MR) is 110 cm³/mol. The molecule has 0 bridgehead atoms. The zero-order chi connectivity index (χ0) is 20.2. The number of ether oxygens (including phenoxy) is 5. The van der Waals surface area contributed by atoms with Gasteiger partial charge in [0.2, 0.25) is 0 Å². The van der Waals surface area contributed by atoms with Crippen molar-refractivity contribution in [3.63, 3.8) is 0 Å². The molecule has 2 aromatic rings. The van der Waals surface area contributed by atoms with Crippen molar-refractivity contribution in [2.75, 3.05) is 20.0 Å². The van der Waals surface area contributed by atoms with Gasteiger partial charge in [0.1, 0.15) is 35.6 Å². The van der Waals surface area contributed by atoms with Crippen molar-refractivity contribution in [2.24, 2.45) is 0 Å². The van der Waals surface area contributed by atoms with Crippen molar-refractivity contribution in [2.45, 2.75) is 42.7 Å². The maximum absolute atomic E-state index is 11.1. The first-order valence-corrected chi connectivity index (χ1v) is 10.9. The number of rotatable bonds is 6. The molecule has 1 N–H and O–H groups in total. The molecule has 0 spiro atoms. The van der Waals surface area contributed by atoms with Gasteiger partial charge in [-0.25, -0.2) is 0 Å². The SMILES string of the molecule is COc1ccc(CO[C@H]2[C@@H](O)[C@@H]3O[C@H](c4ccccc4)OC[C@H]3O[C@@H]2SC)cc1. The van der Waals surface area contributed by atoms with Crippen molar-refractivity contribution < 1.29 is 28.8 Å². The third kappa shape index (κ3) is 4.60. The molecule has 7 heteroatoms. The molecule has 0 aliphatic carbocycles. The molecule has 0 radical (unpaired) electrons. The van der Waals surface area contributed by atoms with Gasteiger partial charge in [0.25, 0.3) is 0 Å². The second-order valence-electron chi connectivity index (χ2n) is 7.07. The molecule has 2 aliphatic heterocycles. The summed E-state index contributed by atoms with van der Waals surface area (Å²) < 4.78 is 29.4. The molecule has 0 unspecified atom stereocenters. The largest absolute Gasteiger partial charge is 0.497 e. The van der Waals surface area contributed by atoms with Gasteiger partial charge in [0.15, 0.2) is 6.29 Å². The molecular weight excluding hydrogens is 392 g/mol. The fraction of sp³-hybridized carbons (Fsp3) is 0.455. The summed E-state index contributed by atoms with van der Waals surface area (Å²) >= 11 is 1.51. The van der Waals surface area contributed by atoms with Crippen molar-refractivity contribution in [1.29, 1.82) is 0 Å². The Morgan fingerprint density at radius 3 is 2.52 bits per heavy atom. The van der Waals surface area contributed by atoms with Crippen LogP contribution in [0.2, 0.25) is 0 Å². The summed E-state index contributed by atoms with van der Waals surface area (Å²) in [6, 6.07) is 17.4. The molecule has 2 aromatic carbocycles. The van der Waals surface area contributed by atoms with Crippen LogP contribution >= 0.6 is 11.8 Å². The number of thioether (sulfide) groups is 1. The average Bonchev–Trinajstić information content (AvgIpc) is 2.79. The van der Waals surface area contributed by atoms with E-state index in [1.165, 1.54) is 11.8 Å². The Kier molecular flexibility index (Phi) is 6.74.